The van der Waals surface area contributed by atoms with Crippen molar-refractivity contribution in [1.29, 1.82) is 5.26 Å². The Bertz CT molecular complexity index is 589. The summed E-state index contributed by atoms with van der Waals surface area (Å²) in [7, 11) is 0. The summed E-state index contributed by atoms with van der Waals surface area (Å²) < 4.78 is 0. The van der Waals surface area contributed by atoms with Crippen LogP contribution in [0.3, 0.4) is 0 Å². The van der Waals surface area contributed by atoms with Crippen molar-refractivity contribution in [2.45, 2.75) is 26.8 Å². The molecule has 0 aliphatic carbocycles. The summed E-state index contributed by atoms with van der Waals surface area (Å²) in [5, 5.41) is 12.4. The van der Waals surface area contributed by atoms with Crippen LogP contribution in [0.15, 0.2) is 52.3 Å². The average molecular weight is 268 g/mol. The Morgan fingerprint density at radius 2 is 2.25 bits per heavy atom. The van der Waals surface area contributed by atoms with Crippen molar-refractivity contribution in [3.8, 4) is 6.07 Å². The molecule has 0 saturated carbocycles. The number of allylic oxidation sites excluding steroid dienone is 2. The molecule has 0 aromatic heterocycles. The molecule has 1 rings (SSSR count). The highest BCUT2D eigenvalue weighted by Gasteiger charge is 2.06. The van der Waals surface area contributed by atoms with Gasteiger partial charge in [-0.1, -0.05) is 17.7 Å². The first kappa shape index (κ1) is 15.7. The van der Waals surface area contributed by atoms with Crippen molar-refractivity contribution in [1.82, 2.24) is 0 Å². The maximum Gasteiger partial charge on any atom is 0.147 e. The monoisotopic (exact) mass is 268 g/mol. The van der Waals surface area contributed by atoms with Crippen molar-refractivity contribution in [2.75, 3.05) is 5.32 Å². The molecule has 0 spiro atoms. The van der Waals surface area contributed by atoms with E-state index in [4.69, 9.17) is 5.73 Å². The summed E-state index contributed by atoms with van der Waals surface area (Å²) in [5.41, 5.74) is 9.10. The van der Waals surface area contributed by atoms with Gasteiger partial charge in [0.25, 0.3) is 0 Å². The number of nitrogens with two attached hydrogens (primary N) is 1. The molecule has 1 unspecified atom stereocenters. The highest BCUT2D eigenvalue weighted by atomic mass is 15.0. The van der Waals surface area contributed by atoms with E-state index in [0.29, 0.717) is 11.4 Å². The smallest absolute Gasteiger partial charge is 0.147 e. The summed E-state index contributed by atoms with van der Waals surface area (Å²) in [5.74, 6) is 0.429. The van der Waals surface area contributed by atoms with Gasteiger partial charge in [0, 0.05) is 11.7 Å². The van der Waals surface area contributed by atoms with Crippen LogP contribution in [0.25, 0.3) is 0 Å². The van der Waals surface area contributed by atoms with E-state index in [1.54, 1.807) is 6.08 Å². The number of hydrogen-bond donors (Lipinski definition) is 2. The fourth-order valence-corrected chi connectivity index (χ4v) is 1.56. The number of nitrogens with one attached hydrogen (secondary N) is 1. The summed E-state index contributed by atoms with van der Waals surface area (Å²) in [6.07, 6.45) is 1.73. The van der Waals surface area contributed by atoms with Gasteiger partial charge in [-0.15, -0.1) is 0 Å². The average Bonchev–Trinajstić information content (AvgIpc) is 2.42. The van der Waals surface area contributed by atoms with Crippen LogP contribution >= 0.6 is 0 Å². The lowest BCUT2D eigenvalue weighted by Crippen LogP contribution is -2.16. The topological polar surface area (TPSA) is 74.2 Å². The molecule has 0 radical (unpaired) electrons. The molecular weight excluding hydrogens is 248 g/mol. The summed E-state index contributed by atoms with van der Waals surface area (Å²) >= 11 is 0. The summed E-state index contributed by atoms with van der Waals surface area (Å²) in [6, 6.07) is 9.84. The number of aliphatic imine (C=N–C) groups is 1. The molecule has 1 aromatic carbocycles. The second-order valence-electron chi connectivity index (χ2n) is 4.70. The van der Waals surface area contributed by atoms with E-state index >= 15 is 0 Å². The first-order valence-electron chi connectivity index (χ1n) is 6.36. The lowest BCUT2D eigenvalue weighted by atomic mass is 10.1. The fourth-order valence-electron chi connectivity index (χ4n) is 1.56. The van der Waals surface area contributed by atoms with Crippen molar-refractivity contribution in [3.63, 3.8) is 0 Å². The van der Waals surface area contributed by atoms with Gasteiger partial charge >= 0.3 is 0 Å². The zero-order chi connectivity index (χ0) is 15.1. The molecule has 0 bridgehead atoms. The van der Waals surface area contributed by atoms with Gasteiger partial charge in [-0.05, 0) is 51.3 Å². The Balaban J connectivity index is 3.14. The largest absolute Gasteiger partial charge is 0.339 e. The second kappa shape index (κ2) is 7.27. The SMILES string of the molecule is C=N/C(Nc1cccc(C)c1)=C(C#N)\C=C(\C)C(C)N. The van der Waals surface area contributed by atoms with Crippen LogP contribution < -0.4 is 11.1 Å². The number of nitrogens with zero attached hydrogens (tertiary/aromatic N) is 2. The maximum atomic E-state index is 9.27. The van der Waals surface area contributed by atoms with Crippen LogP contribution in [0.1, 0.15) is 19.4 Å². The third kappa shape index (κ3) is 4.38. The number of rotatable bonds is 5. The van der Waals surface area contributed by atoms with Gasteiger partial charge in [-0.3, -0.25) is 0 Å². The molecule has 4 nitrogen and oxygen atoms in total. The molecule has 0 heterocycles. The first-order chi connectivity index (χ1) is 9.47. The standard InChI is InChI=1S/C16H20N4/c1-11-6-5-7-15(8-11)20-16(19-4)14(10-17)9-12(2)13(3)18/h5-9,13,20H,4,18H2,1-3H3/b12-9-,16-14-. The Kier molecular flexibility index (Phi) is 5.70. The minimum Gasteiger partial charge on any atom is -0.339 e. The van der Waals surface area contributed by atoms with Crippen molar-refractivity contribution >= 4 is 12.4 Å². The molecule has 1 aromatic rings. The summed E-state index contributed by atoms with van der Waals surface area (Å²) in [6.45, 7) is 9.28. The van der Waals surface area contributed by atoms with Gasteiger partial charge in [0.1, 0.15) is 11.9 Å². The molecule has 1 atom stereocenters. The molecule has 4 heteroatoms. The second-order valence-corrected chi connectivity index (χ2v) is 4.70. The van der Waals surface area contributed by atoms with Gasteiger partial charge in [-0.2, -0.15) is 5.26 Å². The van der Waals surface area contributed by atoms with Crippen LogP contribution in [-0.4, -0.2) is 12.8 Å². The minimum absolute atomic E-state index is 0.108. The van der Waals surface area contributed by atoms with E-state index in [2.05, 4.69) is 23.1 Å². The predicted molar refractivity (Wildman–Crippen MR) is 84.4 cm³/mol. The van der Waals surface area contributed by atoms with Crippen LogP contribution in [0.2, 0.25) is 0 Å². The Morgan fingerprint density at radius 3 is 2.75 bits per heavy atom. The van der Waals surface area contributed by atoms with E-state index in [0.717, 1.165) is 16.8 Å². The predicted octanol–water partition coefficient (Wildman–Crippen LogP) is 3.14. The lowest BCUT2D eigenvalue weighted by Gasteiger charge is -2.10. The molecule has 20 heavy (non-hydrogen) atoms. The van der Waals surface area contributed by atoms with Crippen LogP contribution in [-0.2, 0) is 0 Å². The van der Waals surface area contributed by atoms with E-state index < -0.39 is 0 Å². The molecular formula is C16H20N4. The van der Waals surface area contributed by atoms with E-state index in [-0.39, 0.29) is 6.04 Å². The van der Waals surface area contributed by atoms with Crippen molar-refractivity contribution in [3.05, 3.63) is 52.9 Å². The maximum absolute atomic E-state index is 9.27. The quantitative estimate of drug-likeness (QED) is 0.489. The highest BCUT2D eigenvalue weighted by Crippen LogP contribution is 2.16. The number of aryl methyl sites for hydroxylation is 1. The molecule has 0 amide bonds. The summed E-state index contributed by atoms with van der Waals surface area (Å²) in [4.78, 5) is 3.91. The van der Waals surface area contributed by atoms with Crippen LogP contribution in [0, 0.1) is 18.3 Å². The van der Waals surface area contributed by atoms with Crippen molar-refractivity contribution < 1.29 is 0 Å². The van der Waals surface area contributed by atoms with Crippen LogP contribution in [0.5, 0.6) is 0 Å². The lowest BCUT2D eigenvalue weighted by molar-refractivity contribution is 0.859. The number of anilines is 1. The van der Waals surface area contributed by atoms with Gasteiger partial charge in [0.05, 0.1) is 5.57 Å². The molecule has 3 N–H and O–H groups in total. The Labute approximate surface area is 120 Å². The highest BCUT2D eigenvalue weighted by molar-refractivity contribution is 5.55. The minimum atomic E-state index is -0.108. The first-order valence-corrected chi connectivity index (χ1v) is 6.36. The number of nitriles is 1. The van der Waals surface area contributed by atoms with Gasteiger partial charge in [0.2, 0.25) is 0 Å². The molecule has 0 aliphatic heterocycles. The Hall–Kier alpha value is -2.38. The normalized spacial score (nSPS) is 14.1. The van der Waals surface area contributed by atoms with E-state index in [1.807, 2.05) is 45.0 Å². The molecule has 0 saturated heterocycles. The Morgan fingerprint density at radius 1 is 1.55 bits per heavy atom. The molecule has 104 valence electrons. The number of hydrogen-bond acceptors (Lipinski definition) is 4. The zero-order valence-electron chi connectivity index (χ0n) is 12.1. The van der Waals surface area contributed by atoms with E-state index in [1.165, 1.54) is 0 Å². The van der Waals surface area contributed by atoms with Crippen LogP contribution in [0.4, 0.5) is 5.69 Å². The molecule has 0 aliphatic rings. The molecule has 0 fully saturated rings. The van der Waals surface area contributed by atoms with Gasteiger partial charge in [-0.25, -0.2) is 4.99 Å². The van der Waals surface area contributed by atoms with Crippen molar-refractivity contribution in [2.24, 2.45) is 10.7 Å². The number of benzene rings is 1. The van der Waals surface area contributed by atoms with E-state index in [9.17, 15) is 5.26 Å². The zero-order valence-corrected chi connectivity index (χ0v) is 12.1. The third-order valence-corrected chi connectivity index (χ3v) is 2.90. The fraction of sp³-hybridized carbons (Fsp3) is 0.250. The third-order valence-electron chi connectivity index (χ3n) is 2.90. The van der Waals surface area contributed by atoms with Gasteiger partial charge < -0.3 is 11.1 Å². The van der Waals surface area contributed by atoms with Gasteiger partial charge in [0.15, 0.2) is 0 Å².